The lowest BCUT2D eigenvalue weighted by molar-refractivity contribution is -0.146. The molecule has 0 aliphatic heterocycles. The van der Waals surface area contributed by atoms with Gasteiger partial charge in [0.05, 0.1) is 12.5 Å². The molecule has 1 amide bonds. The SMILES string of the molecule is CC(C)(C)OC(=O)NC(C=O)CC(=O)OCc1ccccc1. The topological polar surface area (TPSA) is 81.7 Å². The van der Waals surface area contributed by atoms with Crippen LogP contribution in [0.2, 0.25) is 0 Å². The minimum atomic E-state index is -0.974. The number of hydrogen-bond acceptors (Lipinski definition) is 5. The van der Waals surface area contributed by atoms with E-state index in [-0.39, 0.29) is 13.0 Å². The maximum Gasteiger partial charge on any atom is 0.408 e. The molecular weight excluding hydrogens is 286 g/mol. The fourth-order valence-electron chi connectivity index (χ4n) is 1.57. The highest BCUT2D eigenvalue weighted by Crippen LogP contribution is 2.07. The molecule has 22 heavy (non-hydrogen) atoms. The van der Waals surface area contributed by atoms with Crippen LogP contribution in [0.3, 0.4) is 0 Å². The number of carbonyl (C=O) groups is 3. The van der Waals surface area contributed by atoms with Gasteiger partial charge in [0.2, 0.25) is 0 Å². The van der Waals surface area contributed by atoms with Crippen LogP contribution < -0.4 is 5.32 Å². The average Bonchev–Trinajstić information content (AvgIpc) is 2.43. The number of ether oxygens (including phenoxy) is 2. The molecule has 0 spiro atoms. The van der Waals surface area contributed by atoms with E-state index in [0.29, 0.717) is 6.29 Å². The van der Waals surface area contributed by atoms with Crippen molar-refractivity contribution in [1.29, 1.82) is 0 Å². The van der Waals surface area contributed by atoms with Crippen LogP contribution in [0.25, 0.3) is 0 Å². The Morgan fingerprint density at radius 2 is 1.86 bits per heavy atom. The van der Waals surface area contributed by atoms with Gasteiger partial charge >= 0.3 is 12.1 Å². The minimum Gasteiger partial charge on any atom is -0.461 e. The van der Waals surface area contributed by atoms with Crippen LogP contribution in [-0.2, 0) is 25.7 Å². The minimum absolute atomic E-state index is 0.123. The van der Waals surface area contributed by atoms with Gasteiger partial charge in [-0.25, -0.2) is 4.79 Å². The van der Waals surface area contributed by atoms with E-state index in [4.69, 9.17) is 9.47 Å². The molecule has 0 aliphatic carbocycles. The molecule has 1 rings (SSSR count). The largest absolute Gasteiger partial charge is 0.461 e. The number of esters is 1. The van der Waals surface area contributed by atoms with Crippen LogP contribution in [0.1, 0.15) is 32.8 Å². The molecule has 6 heteroatoms. The fraction of sp³-hybridized carbons (Fsp3) is 0.438. The molecule has 0 bridgehead atoms. The van der Waals surface area contributed by atoms with E-state index in [2.05, 4.69) is 5.32 Å². The summed E-state index contributed by atoms with van der Waals surface area (Å²) in [6.07, 6.45) is -0.510. The zero-order chi connectivity index (χ0) is 16.6. The highest BCUT2D eigenvalue weighted by molar-refractivity contribution is 5.79. The molecule has 0 saturated carbocycles. The summed E-state index contributed by atoms with van der Waals surface area (Å²) in [4.78, 5) is 34.2. The monoisotopic (exact) mass is 307 g/mol. The van der Waals surface area contributed by atoms with Crippen molar-refractivity contribution in [2.45, 2.75) is 45.4 Å². The summed E-state index contributed by atoms with van der Waals surface area (Å²) in [6.45, 7) is 5.24. The molecule has 0 aliphatic rings. The smallest absolute Gasteiger partial charge is 0.408 e. The summed E-state index contributed by atoms with van der Waals surface area (Å²) in [5, 5.41) is 2.32. The van der Waals surface area contributed by atoms with Crippen molar-refractivity contribution in [1.82, 2.24) is 5.32 Å². The Balaban J connectivity index is 2.40. The summed E-state index contributed by atoms with van der Waals surface area (Å²) in [6, 6.07) is 8.20. The first-order valence-electron chi connectivity index (χ1n) is 6.94. The molecular formula is C16H21NO5. The van der Waals surface area contributed by atoms with Crippen molar-refractivity contribution in [3.63, 3.8) is 0 Å². The van der Waals surface area contributed by atoms with Crippen LogP contribution in [0.15, 0.2) is 30.3 Å². The Labute approximate surface area is 129 Å². The summed E-state index contributed by atoms with van der Waals surface area (Å²) in [5.74, 6) is -0.572. The van der Waals surface area contributed by atoms with Gasteiger partial charge in [0.25, 0.3) is 0 Å². The van der Waals surface area contributed by atoms with Gasteiger partial charge in [-0.1, -0.05) is 30.3 Å². The third kappa shape index (κ3) is 7.42. The standard InChI is InChI=1S/C16H21NO5/c1-16(2,3)22-15(20)17-13(10-18)9-14(19)21-11-12-7-5-4-6-8-12/h4-8,10,13H,9,11H2,1-3H3,(H,17,20). The predicted molar refractivity (Wildman–Crippen MR) is 80.1 cm³/mol. The van der Waals surface area contributed by atoms with Crippen molar-refractivity contribution in [3.05, 3.63) is 35.9 Å². The van der Waals surface area contributed by atoms with Crippen LogP contribution in [0, 0.1) is 0 Å². The number of amides is 1. The van der Waals surface area contributed by atoms with Gasteiger partial charge in [-0.3, -0.25) is 4.79 Å². The number of hydrogen-bond donors (Lipinski definition) is 1. The Morgan fingerprint density at radius 1 is 1.23 bits per heavy atom. The van der Waals surface area contributed by atoms with E-state index >= 15 is 0 Å². The van der Waals surface area contributed by atoms with Gasteiger partial charge < -0.3 is 19.6 Å². The summed E-state index contributed by atoms with van der Waals surface area (Å²) >= 11 is 0. The van der Waals surface area contributed by atoms with Crippen LogP contribution in [0.5, 0.6) is 0 Å². The number of carbonyl (C=O) groups excluding carboxylic acids is 3. The molecule has 1 aromatic carbocycles. The van der Waals surface area contributed by atoms with Gasteiger partial charge in [0.15, 0.2) is 0 Å². The fourth-order valence-corrected chi connectivity index (χ4v) is 1.57. The number of rotatable bonds is 6. The van der Waals surface area contributed by atoms with E-state index in [1.54, 1.807) is 20.8 Å². The van der Waals surface area contributed by atoms with E-state index in [1.807, 2.05) is 30.3 Å². The Morgan fingerprint density at radius 3 is 2.41 bits per heavy atom. The second-order valence-electron chi connectivity index (χ2n) is 5.74. The number of aldehydes is 1. The molecule has 1 atom stereocenters. The van der Waals surface area contributed by atoms with Crippen molar-refractivity contribution < 1.29 is 23.9 Å². The lowest BCUT2D eigenvalue weighted by Crippen LogP contribution is -2.41. The van der Waals surface area contributed by atoms with Gasteiger partial charge in [-0.05, 0) is 26.3 Å². The molecule has 1 aromatic rings. The van der Waals surface area contributed by atoms with Gasteiger partial charge in [-0.15, -0.1) is 0 Å². The van der Waals surface area contributed by atoms with E-state index in [9.17, 15) is 14.4 Å². The maximum atomic E-state index is 11.7. The predicted octanol–water partition coefficient (Wildman–Crippen LogP) is 2.21. The quantitative estimate of drug-likeness (QED) is 0.643. The lowest BCUT2D eigenvalue weighted by atomic mass is 10.2. The van der Waals surface area contributed by atoms with E-state index in [0.717, 1.165) is 5.56 Å². The number of benzene rings is 1. The zero-order valence-electron chi connectivity index (χ0n) is 13.0. The van der Waals surface area contributed by atoms with Crippen LogP contribution in [-0.4, -0.2) is 30.0 Å². The molecule has 0 fully saturated rings. The Bertz CT molecular complexity index is 507. The van der Waals surface area contributed by atoms with Crippen LogP contribution >= 0.6 is 0 Å². The first-order chi connectivity index (χ1) is 10.3. The molecule has 0 aromatic heterocycles. The zero-order valence-corrected chi connectivity index (χ0v) is 13.0. The molecule has 1 unspecified atom stereocenters. The van der Waals surface area contributed by atoms with Gasteiger partial charge in [-0.2, -0.15) is 0 Å². The average molecular weight is 307 g/mol. The molecule has 0 heterocycles. The van der Waals surface area contributed by atoms with Crippen molar-refractivity contribution in [3.8, 4) is 0 Å². The normalized spacial score (nSPS) is 12.1. The Kier molecular flexibility index (Phi) is 6.56. The maximum absolute atomic E-state index is 11.7. The van der Waals surface area contributed by atoms with Crippen LogP contribution in [0.4, 0.5) is 4.79 Å². The van der Waals surface area contributed by atoms with Gasteiger partial charge in [0.1, 0.15) is 18.5 Å². The first kappa shape index (κ1) is 17.7. The summed E-state index contributed by atoms with van der Waals surface area (Å²) < 4.78 is 10.1. The Hall–Kier alpha value is -2.37. The van der Waals surface area contributed by atoms with Crippen molar-refractivity contribution >= 4 is 18.3 Å². The van der Waals surface area contributed by atoms with Gasteiger partial charge in [0, 0.05) is 0 Å². The molecule has 0 saturated heterocycles. The molecule has 1 N–H and O–H groups in total. The van der Waals surface area contributed by atoms with E-state index < -0.39 is 23.7 Å². The van der Waals surface area contributed by atoms with Crippen molar-refractivity contribution in [2.75, 3.05) is 0 Å². The third-order valence-corrected chi connectivity index (χ3v) is 2.50. The second kappa shape index (κ2) is 8.17. The lowest BCUT2D eigenvalue weighted by Gasteiger charge is -2.21. The summed E-state index contributed by atoms with van der Waals surface area (Å²) in [7, 11) is 0. The highest BCUT2D eigenvalue weighted by atomic mass is 16.6. The van der Waals surface area contributed by atoms with E-state index in [1.165, 1.54) is 0 Å². The molecule has 0 radical (unpaired) electrons. The third-order valence-electron chi connectivity index (χ3n) is 2.50. The number of alkyl carbamates (subject to hydrolysis) is 1. The first-order valence-corrected chi connectivity index (χ1v) is 6.94. The summed E-state index contributed by atoms with van der Waals surface area (Å²) in [5.41, 5.74) is 0.171. The molecule has 120 valence electrons. The molecule has 6 nitrogen and oxygen atoms in total. The highest BCUT2D eigenvalue weighted by Gasteiger charge is 2.21. The van der Waals surface area contributed by atoms with Crippen molar-refractivity contribution in [2.24, 2.45) is 0 Å². The second-order valence-corrected chi connectivity index (χ2v) is 5.74. The number of nitrogens with one attached hydrogen (secondary N) is 1.